The van der Waals surface area contributed by atoms with E-state index in [2.05, 4.69) is 31.5 Å². The minimum atomic E-state index is -0.527. The summed E-state index contributed by atoms with van der Waals surface area (Å²) in [4.78, 5) is 30.7. The molecular formula is C21H23BrFN5O2. The molecule has 2 N–H and O–H groups in total. The molecule has 30 heavy (non-hydrogen) atoms. The monoisotopic (exact) mass is 475 g/mol. The van der Waals surface area contributed by atoms with Crippen LogP contribution in [0.5, 0.6) is 0 Å². The molecule has 3 aromatic rings. The van der Waals surface area contributed by atoms with Crippen molar-refractivity contribution in [2.45, 2.75) is 26.4 Å². The van der Waals surface area contributed by atoms with Crippen LogP contribution in [0.15, 0.2) is 40.9 Å². The number of hydrogen-bond donors (Lipinski definition) is 2. The van der Waals surface area contributed by atoms with E-state index in [1.807, 2.05) is 31.5 Å². The van der Waals surface area contributed by atoms with E-state index in [-0.39, 0.29) is 24.2 Å². The first-order valence-electron chi connectivity index (χ1n) is 9.39. The fraction of sp³-hybridized carbons (Fsp3) is 0.286. The second-order valence-electron chi connectivity index (χ2n) is 7.33. The lowest BCUT2D eigenvalue weighted by atomic mass is 10.2. The van der Waals surface area contributed by atoms with Gasteiger partial charge in [0, 0.05) is 30.2 Å². The molecule has 0 radical (unpaired) electrons. The molecule has 3 amide bonds. The lowest BCUT2D eigenvalue weighted by molar-refractivity contribution is 0.0943. The number of fused-ring (bicyclic) bond motifs is 1. The Morgan fingerprint density at radius 3 is 2.63 bits per heavy atom. The van der Waals surface area contributed by atoms with E-state index >= 15 is 0 Å². The lowest BCUT2D eigenvalue weighted by Gasteiger charge is -2.18. The van der Waals surface area contributed by atoms with Crippen LogP contribution < -0.4 is 10.6 Å². The molecule has 0 atom stereocenters. The van der Waals surface area contributed by atoms with E-state index in [0.717, 1.165) is 5.52 Å². The highest BCUT2D eigenvalue weighted by Gasteiger charge is 2.17. The fourth-order valence-electron chi connectivity index (χ4n) is 2.96. The summed E-state index contributed by atoms with van der Waals surface area (Å²) in [6, 6.07) is 9.31. The Hall–Kier alpha value is -2.94. The molecule has 2 aromatic carbocycles. The summed E-state index contributed by atoms with van der Waals surface area (Å²) in [6.07, 6.45) is 0. The number of urea groups is 1. The van der Waals surface area contributed by atoms with Gasteiger partial charge in [0.15, 0.2) is 0 Å². The molecule has 0 aliphatic rings. The van der Waals surface area contributed by atoms with Crippen LogP contribution in [-0.2, 0) is 13.6 Å². The van der Waals surface area contributed by atoms with Crippen molar-refractivity contribution >= 4 is 44.6 Å². The predicted octanol–water partition coefficient (Wildman–Crippen LogP) is 4.28. The second-order valence-corrected chi connectivity index (χ2v) is 8.24. The van der Waals surface area contributed by atoms with Crippen LogP contribution in [-0.4, -0.2) is 39.5 Å². The normalized spacial score (nSPS) is 11.0. The molecule has 0 saturated carbocycles. The van der Waals surface area contributed by atoms with Crippen molar-refractivity contribution in [3.8, 4) is 0 Å². The molecule has 1 heterocycles. The summed E-state index contributed by atoms with van der Waals surface area (Å²) in [5.74, 6) is -0.0477. The molecule has 0 spiro atoms. The minimum Gasteiger partial charge on any atom is -0.350 e. The minimum absolute atomic E-state index is 0.0372. The summed E-state index contributed by atoms with van der Waals surface area (Å²) in [5.41, 5.74) is 2.13. The smallest absolute Gasteiger partial charge is 0.322 e. The van der Waals surface area contributed by atoms with Gasteiger partial charge in [-0.2, -0.15) is 0 Å². The summed E-state index contributed by atoms with van der Waals surface area (Å²) in [6.45, 7) is 4.01. The average molecular weight is 476 g/mol. The number of aryl methyl sites for hydroxylation is 1. The zero-order valence-electron chi connectivity index (χ0n) is 17.2. The number of nitrogens with one attached hydrogen (secondary N) is 2. The van der Waals surface area contributed by atoms with Crippen LogP contribution >= 0.6 is 15.9 Å². The number of aromatic nitrogens is 2. The van der Waals surface area contributed by atoms with Crippen LogP contribution in [0.4, 0.5) is 14.9 Å². The number of carbonyl (C=O) groups is 2. The van der Waals surface area contributed by atoms with E-state index < -0.39 is 11.8 Å². The Balaban J connectivity index is 1.76. The molecule has 0 aliphatic heterocycles. The first-order chi connectivity index (χ1) is 14.2. The Bertz CT molecular complexity index is 1110. The van der Waals surface area contributed by atoms with Crippen molar-refractivity contribution in [2.75, 3.05) is 12.4 Å². The highest BCUT2D eigenvalue weighted by Crippen LogP contribution is 2.21. The fourth-order valence-corrected chi connectivity index (χ4v) is 3.30. The number of carbonyl (C=O) groups excluding carboxylic acids is 2. The topological polar surface area (TPSA) is 79.3 Å². The van der Waals surface area contributed by atoms with Crippen LogP contribution in [0.2, 0.25) is 0 Å². The van der Waals surface area contributed by atoms with Crippen LogP contribution in [0.1, 0.15) is 30.0 Å². The van der Waals surface area contributed by atoms with Gasteiger partial charge in [-0.25, -0.2) is 14.2 Å². The molecule has 7 nitrogen and oxygen atoms in total. The van der Waals surface area contributed by atoms with Crippen molar-refractivity contribution in [1.82, 2.24) is 19.8 Å². The molecule has 3 rings (SSSR count). The number of nitrogens with zero attached hydrogens (tertiary/aromatic N) is 3. The highest BCUT2D eigenvalue weighted by atomic mass is 79.9. The SMILES string of the molecule is CC(C)NC(=O)c1ccc2c(c1)nc(CN(C)C(=O)Nc1ccc(Br)cc1F)n2C. The van der Waals surface area contributed by atoms with Gasteiger partial charge in [0.05, 0.1) is 23.3 Å². The Kier molecular flexibility index (Phi) is 6.40. The van der Waals surface area contributed by atoms with Gasteiger partial charge in [-0.15, -0.1) is 0 Å². The molecule has 0 fully saturated rings. The number of anilines is 1. The molecule has 0 saturated heterocycles. The second kappa shape index (κ2) is 8.83. The number of halogens is 2. The summed E-state index contributed by atoms with van der Waals surface area (Å²) < 4.78 is 16.4. The third-order valence-corrected chi connectivity index (χ3v) is 5.05. The third-order valence-electron chi connectivity index (χ3n) is 4.55. The van der Waals surface area contributed by atoms with Crippen molar-refractivity contribution in [1.29, 1.82) is 0 Å². The van der Waals surface area contributed by atoms with Crippen molar-refractivity contribution in [2.24, 2.45) is 7.05 Å². The number of hydrogen-bond acceptors (Lipinski definition) is 3. The Morgan fingerprint density at radius 1 is 1.23 bits per heavy atom. The van der Waals surface area contributed by atoms with E-state index in [4.69, 9.17) is 0 Å². The number of amides is 3. The van der Waals surface area contributed by atoms with Crippen LogP contribution in [0.3, 0.4) is 0 Å². The van der Waals surface area contributed by atoms with Crippen molar-refractivity contribution in [3.63, 3.8) is 0 Å². The van der Waals surface area contributed by atoms with E-state index in [1.165, 1.54) is 17.0 Å². The molecule has 0 bridgehead atoms. The first kappa shape index (κ1) is 21.8. The lowest BCUT2D eigenvalue weighted by Crippen LogP contribution is -2.32. The molecule has 1 aromatic heterocycles. The zero-order valence-corrected chi connectivity index (χ0v) is 18.7. The van der Waals surface area contributed by atoms with Crippen LogP contribution in [0.25, 0.3) is 11.0 Å². The largest absolute Gasteiger partial charge is 0.350 e. The number of imidazole rings is 1. The molecule has 0 aliphatic carbocycles. The van der Waals surface area contributed by atoms with Gasteiger partial charge < -0.3 is 20.1 Å². The molecule has 0 unspecified atom stereocenters. The summed E-state index contributed by atoms with van der Waals surface area (Å²) in [5, 5.41) is 5.41. The Labute approximate surface area is 182 Å². The van der Waals surface area contributed by atoms with Gasteiger partial charge in [0.25, 0.3) is 5.91 Å². The van der Waals surface area contributed by atoms with Gasteiger partial charge >= 0.3 is 6.03 Å². The molecule has 9 heteroatoms. The highest BCUT2D eigenvalue weighted by molar-refractivity contribution is 9.10. The van der Waals surface area contributed by atoms with Gasteiger partial charge in [-0.3, -0.25) is 4.79 Å². The van der Waals surface area contributed by atoms with E-state index in [9.17, 15) is 14.0 Å². The maximum Gasteiger partial charge on any atom is 0.322 e. The van der Waals surface area contributed by atoms with Gasteiger partial charge in [0.1, 0.15) is 11.6 Å². The van der Waals surface area contributed by atoms with Gasteiger partial charge in [-0.1, -0.05) is 15.9 Å². The first-order valence-corrected chi connectivity index (χ1v) is 10.2. The van der Waals surface area contributed by atoms with Gasteiger partial charge in [-0.05, 0) is 50.2 Å². The van der Waals surface area contributed by atoms with Crippen molar-refractivity contribution < 1.29 is 14.0 Å². The van der Waals surface area contributed by atoms with Crippen molar-refractivity contribution in [3.05, 3.63) is 58.1 Å². The third kappa shape index (κ3) is 4.79. The number of rotatable bonds is 5. The van der Waals surface area contributed by atoms with Crippen LogP contribution in [0, 0.1) is 5.82 Å². The number of benzene rings is 2. The summed E-state index contributed by atoms with van der Waals surface area (Å²) >= 11 is 3.19. The molecular weight excluding hydrogens is 453 g/mol. The predicted molar refractivity (Wildman–Crippen MR) is 118 cm³/mol. The standard InChI is InChI=1S/C21H23BrFN5O2/c1-12(2)24-20(29)13-5-8-18-17(9-13)25-19(28(18)4)11-27(3)21(30)26-16-7-6-14(22)10-15(16)23/h5-10,12H,11H2,1-4H3,(H,24,29)(H,26,30). The van der Waals surface area contributed by atoms with E-state index in [0.29, 0.717) is 21.4 Å². The summed E-state index contributed by atoms with van der Waals surface area (Å²) in [7, 11) is 3.45. The quantitative estimate of drug-likeness (QED) is 0.577. The maximum absolute atomic E-state index is 14.0. The van der Waals surface area contributed by atoms with E-state index in [1.54, 1.807) is 25.2 Å². The zero-order chi connectivity index (χ0) is 22.0. The average Bonchev–Trinajstić information content (AvgIpc) is 2.98. The maximum atomic E-state index is 14.0. The Morgan fingerprint density at radius 2 is 1.97 bits per heavy atom. The van der Waals surface area contributed by atoms with Gasteiger partial charge in [0.2, 0.25) is 0 Å². The molecule has 158 valence electrons.